The van der Waals surface area contributed by atoms with E-state index in [-0.39, 0.29) is 13.3 Å². The number of nitrogens with zero attached hydrogens (tertiary/aromatic N) is 2. The third-order valence-electron chi connectivity index (χ3n) is 3.61. The first-order valence-electron chi connectivity index (χ1n) is 7.71. The van der Waals surface area contributed by atoms with Gasteiger partial charge in [0.15, 0.2) is 16.6 Å². The molecule has 0 bridgehead atoms. The van der Waals surface area contributed by atoms with E-state index >= 15 is 0 Å². The van der Waals surface area contributed by atoms with Crippen LogP contribution in [0.1, 0.15) is 5.89 Å². The zero-order valence-corrected chi connectivity index (χ0v) is 14.9. The highest BCUT2D eigenvalue weighted by atomic mass is 35.5. The Morgan fingerprint density at radius 2 is 2.00 bits per heavy atom. The van der Waals surface area contributed by atoms with Gasteiger partial charge in [-0.1, -0.05) is 28.9 Å². The Morgan fingerprint density at radius 3 is 2.88 bits per heavy atom. The molecule has 1 aliphatic heterocycles. The second kappa shape index (κ2) is 7.19. The zero-order chi connectivity index (χ0) is 17.9. The zero-order valence-electron chi connectivity index (χ0n) is 13.4. The maximum Gasteiger partial charge on any atom is 0.246 e. The molecule has 4 rings (SSSR count). The second-order valence-corrected chi connectivity index (χ2v) is 6.18. The number of anilines is 1. The van der Waals surface area contributed by atoms with Crippen molar-refractivity contribution in [3.8, 4) is 22.9 Å². The molecule has 9 heteroatoms. The van der Waals surface area contributed by atoms with Crippen LogP contribution in [0.15, 0.2) is 47.0 Å². The summed E-state index contributed by atoms with van der Waals surface area (Å²) < 4.78 is 15.8. The number of hydrogen-bond donors (Lipinski definition) is 2. The summed E-state index contributed by atoms with van der Waals surface area (Å²) >= 11 is 11.4. The quantitative estimate of drug-likeness (QED) is 0.656. The summed E-state index contributed by atoms with van der Waals surface area (Å²) in [5, 5.41) is 11.0. The Balaban J connectivity index is 1.36. The van der Waals surface area contributed by atoms with Gasteiger partial charge in [-0.2, -0.15) is 4.98 Å². The Bertz CT molecular complexity index is 963. The molecule has 0 fully saturated rings. The van der Waals surface area contributed by atoms with Crippen LogP contribution < -0.4 is 20.1 Å². The molecule has 3 aromatic rings. The molecule has 0 saturated heterocycles. The molecule has 0 aliphatic carbocycles. The summed E-state index contributed by atoms with van der Waals surface area (Å²) in [6, 6.07) is 12.8. The molecular weight excluding hydrogens is 376 g/mol. The molecule has 0 unspecified atom stereocenters. The van der Waals surface area contributed by atoms with Gasteiger partial charge in [0.05, 0.1) is 11.6 Å². The molecule has 1 aromatic heterocycles. The largest absolute Gasteiger partial charge is 0.454 e. The summed E-state index contributed by atoms with van der Waals surface area (Å²) in [6.07, 6.45) is 0. The highest BCUT2D eigenvalue weighted by molar-refractivity contribution is 7.80. The average Bonchev–Trinajstić information content (AvgIpc) is 3.29. The monoisotopic (exact) mass is 388 g/mol. The first-order chi connectivity index (χ1) is 12.7. The normalized spacial score (nSPS) is 12.0. The van der Waals surface area contributed by atoms with Gasteiger partial charge in [-0.25, -0.2) is 0 Å². The van der Waals surface area contributed by atoms with Crippen LogP contribution in [-0.2, 0) is 6.54 Å². The van der Waals surface area contributed by atoms with Crippen LogP contribution in [0.2, 0.25) is 5.02 Å². The van der Waals surface area contributed by atoms with Crippen molar-refractivity contribution < 1.29 is 14.0 Å². The third-order valence-corrected chi connectivity index (χ3v) is 4.19. The van der Waals surface area contributed by atoms with Gasteiger partial charge in [-0.15, -0.1) is 0 Å². The van der Waals surface area contributed by atoms with E-state index in [2.05, 4.69) is 20.8 Å². The van der Waals surface area contributed by atoms with Crippen LogP contribution in [0.25, 0.3) is 11.4 Å². The highest BCUT2D eigenvalue weighted by Gasteiger charge is 2.14. The van der Waals surface area contributed by atoms with E-state index in [1.807, 2.05) is 36.4 Å². The van der Waals surface area contributed by atoms with Crippen LogP contribution in [0.3, 0.4) is 0 Å². The number of thiocarbonyl (C=S) groups is 1. The van der Waals surface area contributed by atoms with E-state index < -0.39 is 0 Å². The minimum Gasteiger partial charge on any atom is -0.454 e. The number of benzene rings is 2. The fraction of sp³-hybridized carbons (Fsp3) is 0.118. The lowest BCUT2D eigenvalue weighted by Crippen LogP contribution is -2.27. The second-order valence-electron chi connectivity index (χ2n) is 5.37. The molecular formula is C17H13ClN4O3S. The first-order valence-corrected chi connectivity index (χ1v) is 8.49. The van der Waals surface area contributed by atoms with Crippen LogP contribution in [0, 0.1) is 0 Å². The molecule has 0 radical (unpaired) electrons. The standard InChI is InChI=1S/C17H13ClN4O3S/c18-12-4-2-1-3-11(12)16-21-15(25-22-16)8-19-17(26)20-10-5-6-13-14(7-10)24-9-23-13/h1-7H,8-9H2,(H2,19,20,26). The fourth-order valence-electron chi connectivity index (χ4n) is 2.38. The summed E-state index contributed by atoms with van der Waals surface area (Å²) in [7, 11) is 0. The smallest absolute Gasteiger partial charge is 0.246 e. The summed E-state index contributed by atoms with van der Waals surface area (Å²) in [6.45, 7) is 0.514. The van der Waals surface area contributed by atoms with Gasteiger partial charge >= 0.3 is 0 Å². The topological polar surface area (TPSA) is 81.4 Å². The molecule has 26 heavy (non-hydrogen) atoms. The molecule has 7 nitrogen and oxygen atoms in total. The molecule has 0 saturated carbocycles. The Kier molecular flexibility index (Phi) is 4.59. The summed E-state index contributed by atoms with van der Waals surface area (Å²) in [5.41, 5.74) is 1.50. The van der Waals surface area contributed by atoms with Gasteiger partial charge < -0.3 is 24.6 Å². The van der Waals surface area contributed by atoms with E-state index in [4.69, 9.17) is 37.8 Å². The molecule has 2 heterocycles. The van der Waals surface area contributed by atoms with E-state index in [0.29, 0.717) is 38.9 Å². The number of rotatable bonds is 4. The van der Waals surface area contributed by atoms with E-state index in [0.717, 1.165) is 5.69 Å². The minimum atomic E-state index is 0.229. The first kappa shape index (κ1) is 16.6. The van der Waals surface area contributed by atoms with E-state index in [1.165, 1.54) is 0 Å². The molecule has 2 aromatic carbocycles. The molecule has 0 spiro atoms. The Hall–Kier alpha value is -2.84. The van der Waals surface area contributed by atoms with Crippen molar-refractivity contribution in [1.82, 2.24) is 15.5 Å². The van der Waals surface area contributed by atoms with Crippen LogP contribution >= 0.6 is 23.8 Å². The maximum absolute atomic E-state index is 6.14. The van der Waals surface area contributed by atoms with Gasteiger partial charge in [0.1, 0.15) is 0 Å². The van der Waals surface area contributed by atoms with Crippen LogP contribution in [0.4, 0.5) is 5.69 Å². The van der Waals surface area contributed by atoms with Crippen molar-refractivity contribution in [1.29, 1.82) is 0 Å². The van der Waals surface area contributed by atoms with Crippen LogP contribution in [0.5, 0.6) is 11.5 Å². The molecule has 2 N–H and O–H groups in total. The minimum absolute atomic E-state index is 0.229. The van der Waals surface area contributed by atoms with Crippen molar-refractivity contribution in [2.24, 2.45) is 0 Å². The average molecular weight is 389 g/mol. The van der Waals surface area contributed by atoms with Crippen molar-refractivity contribution in [2.75, 3.05) is 12.1 Å². The van der Waals surface area contributed by atoms with Gasteiger partial charge in [0.25, 0.3) is 0 Å². The number of aromatic nitrogens is 2. The van der Waals surface area contributed by atoms with Crippen molar-refractivity contribution >= 4 is 34.6 Å². The Morgan fingerprint density at radius 1 is 1.15 bits per heavy atom. The van der Waals surface area contributed by atoms with E-state index in [1.54, 1.807) is 6.07 Å². The predicted octanol–water partition coefficient (Wildman–Crippen LogP) is 3.61. The van der Waals surface area contributed by atoms with E-state index in [9.17, 15) is 0 Å². The van der Waals surface area contributed by atoms with Gasteiger partial charge in [-0.05, 0) is 36.5 Å². The van der Waals surface area contributed by atoms with Crippen molar-refractivity contribution in [3.63, 3.8) is 0 Å². The Labute approximate surface area is 159 Å². The van der Waals surface area contributed by atoms with Gasteiger partial charge in [0, 0.05) is 17.3 Å². The number of fused-ring (bicyclic) bond motifs is 1. The van der Waals surface area contributed by atoms with Gasteiger partial charge in [-0.3, -0.25) is 0 Å². The number of hydrogen-bond acceptors (Lipinski definition) is 6. The highest BCUT2D eigenvalue weighted by Crippen LogP contribution is 2.34. The van der Waals surface area contributed by atoms with Gasteiger partial charge in [0.2, 0.25) is 18.5 Å². The SMILES string of the molecule is S=C(NCc1nc(-c2ccccc2Cl)no1)Nc1ccc2c(c1)OCO2. The summed E-state index contributed by atoms with van der Waals surface area (Å²) in [5.74, 6) is 2.23. The predicted molar refractivity (Wildman–Crippen MR) is 100 cm³/mol. The number of nitrogens with one attached hydrogen (secondary N) is 2. The third kappa shape index (κ3) is 3.56. The van der Waals surface area contributed by atoms with Crippen LogP contribution in [-0.4, -0.2) is 22.0 Å². The number of ether oxygens (including phenoxy) is 2. The lowest BCUT2D eigenvalue weighted by Gasteiger charge is -2.09. The molecule has 132 valence electrons. The lowest BCUT2D eigenvalue weighted by atomic mass is 10.2. The molecule has 0 amide bonds. The van der Waals surface area contributed by atoms with Crippen molar-refractivity contribution in [3.05, 3.63) is 53.4 Å². The molecule has 0 atom stereocenters. The maximum atomic E-state index is 6.14. The fourth-order valence-corrected chi connectivity index (χ4v) is 2.79. The number of halogens is 1. The van der Waals surface area contributed by atoms with Crippen molar-refractivity contribution in [2.45, 2.75) is 6.54 Å². The summed E-state index contributed by atoms with van der Waals surface area (Å²) in [4.78, 5) is 4.32. The molecule has 1 aliphatic rings. The lowest BCUT2D eigenvalue weighted by molar-refractivity contribution is 0.174.